The van der Waals surface area contributed by atoms with Gasteiger partial charge in [-0.2, -0.15) is 0 Å². The van der Waals surface area contributed by atoms with Crippen LogP contribution in [0.25, 0.3) is 0 Å². The lowest BCUT2D eigenvalue weighted by Gasteiger charge is -2.26. The number of carbonyl (C=O) groups is 2. The molecule has 0 saturated carbocycles. The first-order valence-electron chi connectivity index (χ1n) is 10.3. The number of benzene rings is 2. The van der Waals surface area contributed by atoms with E-state index in [9.17, 15) is 19.7 Å². The molecule has 0 unspecified atom stereocenters. The smallest absolute Gasteiger partial charge is 0.269 e. The van der Waals surface area contributed by atoms with Gasteiger partial charge in [0, 0.05) is 50.4 Å². The highest BCUT2D eigenvalue weighted by atomic mass is 16.6. The van der Waals surface area contributed by atoms with Gasteiger partial charge in [0.05, 0.1) is 18.1 Å². The van der Waals surface area contributed by atoms with Crippen molar-refractivity contribution < 1.29 is 24.0 Å². The standard InChI is InChI=1S/C22H26N4O6/c27-21(8-9-25-10-12-31-13-11-25)24-18-3-1-2-17(14-18)15-23-22(28)16-32-20-6-4-19(5-7-20)26(29)30/h1-7,14H,8-13,15-16H2,(H,23,28)(H,24,27). The molecule has 32 heavy (non-hydrogen) atoms. The molecule has 0 atom stereocenters. The Morgan fingerprint density at radius 2 is 1.84 bits per heavy atom. The number of hydrogen-bond donors (Lipinski definition) is 2. The molecule has 0 aromatic heterocycles. The molecule has 0 aliphatic carbocycles. The number of ether oxygens (including phenoxy) is 2. The normalized spacial score (nSPS) is 13.9. The molecule has 2 N–H and O–H groups in total. The third-order valence-electron chi connectivity index (χ3n) is 4.88. The van der Waals surface area contributed by atoms with Gasteiger partial charge in [0.15, 0.2) is 6.61 Å². The maximum absolute atomic E-state index is 12.2. The van der Waals surface area contributed by atoms with Gasteiger partial charge in [-0.1, -0.05) is 12.1 Å². The van der Waals surface area contributed by atoms with E-state index in [-0.39, 0.29) is 30.7 Å². The minimum Gasteiger partial charge on any atom is -0.484 e. The summed E-state index contributed by atoms with van der Waals surface area (Å²) in [6.45, 7) is 3.85. The van der Waals surface area contributed by atoms with Crippen molar-refractivity contribution >= 4 is 23.2 Å². The summed E-state index contributed by atoms with van der Waals surface area (Å²) < 4.78 is 10.6. The SMILES string of the molecule is O=C(COc1ccc([N+](=O)[O-])cc1)NCc1cccc(NC(=O)CCN2CCOCC2)c1. The van der Waals surface area contributed by atoms with Crippen LogP contribution in [0.5, 0.6) is 5.75 Å². The molecule has 10 heteroatoms. The van der Waals surface area contributed by atoms with E-state index in [1.165, 1.54) is 24.3 Å². The molecule has 2 amide bonds. The Morgan fingerprint density at radius 3 is 2.56 bits per heavy atom. The van der Waals surface area contributed by atoms with E-state index in [2.05, 4.69) is 15.5 Å². The quantitative estimate of drug-likeness (QED) is 0.426. The molecular weight excluding hydrogens is 416 g/mol. The summed E-state index contributed by atoms with van der Waals surface area (Å²) >= 11 is 0. The first-order chi connectivity index (χ1) is 15.5. The van der Waals surface area contributed by atoms with Crippen molar-refractivity contribution in [3.05, 3.63) is 64.2 Å². The monoisotopic (exact) mass is 442 g/mol. The lowest BCUT2D eigenvalue weighted by atomic mass is 10.2. The Bertz CT molecular complexity index is 928. The molecule has 1 aliphatic rings. The molecule has 2 aromatic rings. The van der Waals surface area contributed by atoms with Gasteiger partial charge in [-0.05, 0) is 29.8 Å². The Balaban J connectivity index is 1.39. The van der Waals surface area contributed by atoms with Crippen LogP contribution in [0.1, 0.15) is 12.0 Å². The largest absolute Gasteiger partial charge is 0.484 e. The predicted molar refractivity (Wildman–Crippen MR) is 117 cm³/mol. The second kappa shape index (κ2) is 11.8. The van der Waals surface area contributed by atoms with E-state index in [0.29, 0.717) is 37.6 Å². The van der Waals surface area contributed by atoms with Crippen molar-refractivity contribution in [1.29, 1.82) is 0 Å². The van der Waals surface area contributed by atoms with E-state index in [1.807, 2.05) is 18.2 Å². The number of morpholine rings is 1. The second-order valence-electron chi connectivity index (χ2n) is 7.27. The number of nitrogens with one attached hydrogen (secondary N) is 2. The highest BCUT2D eigenvalue weighted by Crippen LogP contribution is 2.17. The van der Waals surface area contributed by atoms with E-state index in [4.69, 9.17) is 9.47 Å². The maximum Gasteiger partial charge on any atom is 0.269 e. The highest BCUT2D eigenvalue weighted by molar-refractivity contribution is 5.90. The lowest BCUT2D eigenvalue weighted by molar-refractivity contribution is -0.384. The van der Waals surface area contributed by atoms with Crippen LogP contribution in [0.15, 0.2) is 48.5 Å². The fourth-order valence-corrected chi connectivity index (χ4v) is 3.13. The zero-order chi connectivity index (χ0) is 22.8. The summed E-state index contributed by atoms with van der Waals surface area (Å²) in [5.74, 6) is -0.0231. The summed E-state index contributed by atoms with van der Waals surface area (Å²) in [7, 11) is 0. The number of carbonyl (C=O) groups excluding carboxylic acids is 2. The minimum absolute atomic E-state index is 0.0464. The number of hydrogen-bond acceptors (Lipinski definition) is 7. The molecule has 0 spiro atoms. The molecule has 2 aromatic carbocycles. The second-order valence-corrected chi connectivity index (χ2v) is 7.27. The van der Waals surface area contributed by atoms with Gasteiger partial charge >= 0.3 is 0 Å². The molecular formula is C22H26N4O6. The molecule has 1 heterocycles. The van der Waals surface area contributed by atoms with E-state index in [0.717, 1.165) is 18.7 Å². The molecule has 0 radical (unpaired) electrons. The first-order valence-corrected chi connectivity index (χ1v) is 10.3. The topological polar surface area (TPSA) is 123 Å². The maximum atomic E-state index is 12.2. The van der Waals surface area contributed by atoms with Gasteiger partial charge < -0.3 is 20.1 Å². The Kier molecular flexibility index (Phi) is 8.52. The zero-order valence-electron chi connectivity index (χ0n) is 17.6. The van der Waals surface area contributed by atoms with Crippen LogP contribution in [-0.2, 0) is 20.9 Å². The summed E-state index contributed by atoms with van der Waals surface area (Å²) in [5, 5.41) is 16.3. The fourth-order valence-electron chi connectivity index (χ4n) is 3.13. The van der Waals surface area contributed by atoms with Gasteiger partial charge in [-0.15, -0.1) is 0 Å². The molecule has 1 aliphatic heterocycles. The molecule has 10 nitrogen and oxygen atoms in total. The number of rotatable bonds is 10. The van der Waals surface area contributed by atoms with Gasteiger partial charge in [-0.3, -0.25) is 24.6 Å². The first kappa shape index (κ1) is 23.2. The lowest BCUT2D eigenvalue weighted by Crippen LogP contribution is -2.38. The van der Waals surface area contributed by atoms with Crippen molar-refractivity contribution in [1.82, 2.24) is 10.2 Å². The van der Waals surface area contributed by atoms with Crippen molar-refractivity contribution in [2.75, 3.05) is 44.8 Å². The third kappa shape index (κ3) is 7.64. The number of nitrogens with zero attached hydrogens (tertiary/aromatic N) is 2. The molecule has 3 rings (SSSR count). The van der Waals surface area contributed by atoms with E-state index >= 15 is 0 Å². The van der Waals surface area contributed by atoms with Crippen LogP contribution < -0.4 is 15.4 Å². The Labute approximate surface area is 185 Å². The van der Waals surface area contributed by atoms with Crippen molar-refractivity contribution in [2.45, 2.75) is 13.0 Å². The summed E-state index contributed by atoms with van der Waals surface area (Å²) in [4.78, 5) is 36.6. The van der Waals surface area contributed by atoms with Crippen molar-refractivity contribution in [2.24, 2.45) is 0 Å². The number of amides is 2. The van der Waals surface area contributed by atoms with Crippen molar-refractivity contribution in [3.8, 4) is 5.75 Å². The van der Waals surface area contributed by atoms with Gasteiger partial charge in [-0.25, -0.2) is 0 Å². The molecule has 170 valence electrons. The number of non-ortho nitro benzene ring substituents is 1. The van der Waals surface area contributed by atoms with Gasteiger partial charge in [0.1, 0.15) is 5.75 Å². The Hall–Kier alpha value is -3.50. The molecule has 1 fully saturated rings. The third-order valence-corrected chi connectivity index (χ3v) is 4.88. The average molecular weight is 442 g/mol. The predicted octanol–water partition coefficient (Wildman–Crippen LogP) is 1.95. The number of nitro groups is 1. The molecule has 0 bridgehead atoms. The van der Waals surface area contributed by atoms with Gasteiger partial charge in [0.2, 0.25) is 5.91 Å². The van der Waals surface area contributed by atoms with Crippen LogP contribution >= 0.6 is 0 Å². The minimum atomic E-state index is -0.503. The van der Waals surface area contributed by atoms with Gasteiger partial charge in [0.25, 0.3) is 11.6 Å². The van der Waals surface area contributed by atoms with Crippen molar-refractivity contribution in [3.63, 3.8) is 0 Å². The summed E-state index contributed by atoms with van der Waals surface area (Å²) in [5.41, 5.74) is 1.46. The fraction of sp³-hybridized carbons (Fsp3) is 0.364. The highest BCUT2D eigenvalue weighted by Gasteiger charge is 2.12. The molecule has 1 saturated heterocycles. The van der Waals surface area contributed by atoms with E-state index in [1.54, 1.807) is 6.07 Å². The Morgan fingerprint density at radius 1 is 1.09 bits per heavy atom. The van der Waals surface area contributed by atoms with Crippen LogP contribution in [0, 0.1) is 10.1 Å². The average Bonchev–Trinajstić information content (AvgIpc) is 2.81. The number of nitro benzene ring substituents is 1. The van der Waals surface area contributed by atoms with Crippen LogP contribution in [0.4, 0.5) is 11.4 Å². The van der Waals surface area contributed by atoms with Crippen LogP contribution in [0.3, 0.4) is 0 Å². The van der Waals surface area contributed by atoms with Crippen LogP contribution in [-0.4, -0.2) is 61.1 Å². The van der Waals surface area contributed by atoms with Crippen LogP contribution in [0.2, 0.25) is 0 Å². The van der Waals surface area contributed by atoms with E-state index < -0.39 is 4.92 Å². The number of anilines is 1. The summed E-state index contributed by atoms with van der Waals surface area (Å²) in [6.07, 6.45) is 0.404. The summed E-state index contributed by atoms with van der Waals surface area (Å²) in [6, 6.07) is 12.8. The zero-order valence-corrected chi connectivity index (χ0v) is 17.6.